The first kappa shape index (κ1) is 12.5. The van der Waals surface area contributed by atoms with Gasteiger partial charge in [-0.15, -0.1) is 0 Å². The van der Waals surface area contributed by atoms with Gasteiger partial charge >= 0.3 is 0 Å². The molecular formula is C12H12BrN3S. The van der Waals surface area contributed by atoms with Gasteiger partial charge in [0.25, 0.3) is 0 Å². The van der Waals surface area contributed by atoms with E-state index in [1.54, 1.807) is 18.0 Å². The molecule has 2 aromatic rings. The summed E-state index contributed by atoms with van der Waals surface area (Å²) in [6.45, 7) is 0.842. The number of nitrogens with zero attached hydrogens (tertiary/aromatic N) is 2. The van der Waals surface area contributed by atoms with Gasteiger partial charge in [0.15, 0.2) is 0 Å². The third-order valence-corrected chi connectivity index (χ3v) is 3.46. The van der Waals surface area contributed by atoms with Crippen LogP contribution in [0.3, 0.4) is 0 Å². The first-order valence-electron chi connectivity index (χ1n) is 5.17. The van der Waals surface area contributed by atoms with Gasteiger partial charge in [-0.05, 0) is 46.7 Å². The van der Waals surface area contributed by atoms with E-state index in [1.165, 1.54) is 5.56 Å². The lowest BCUT2D eigenvalue weighted by atomic mass is 10.3. The van der Waals surface area contributed by atoms with Crippen molar-refractivity contribution < 1.29 is 0 Å². The monoisotopic (exact) mass is 309 g/mol. The highest BCUT2D eigenvalue weighted by Gasteiger charge is 2.00. The van der Waals surface area contributed by atoms with Crippen LogP contribution in [0.4, 0.5) is 0 Å². The Hall–Kier alpha value is -0.910. The number of nitrogens with one attached hydrogen (secondary N) is 1. The van der Waals surface area contributed by atoms with Gasteiger partial charge in [0.2, 0.25) is 0 Å². The van der Waals surface area contributed by atoms with E-state index in [1.807, 2.05) is 31.4 Å². The lowest BCUT2D eigenvalue weighted by Crippen LogP contribution is -2.05. The molecule has 0 aliphatic carbocycles. The Balaban J connectivity index is 2.05. The summed E-state index contributed by atoms with van der Waals surface area (Å²) in [4.78, 5) is 8.68. The summed E-state index contributed by atoms with van der Waals surface area (Å²) in [6.07, 6.45) is 3.68. The lowest BCUT2D eigenvalue weighted by molar-refractivity contribution is 0.809. The van der Waals surface area contributed by atoms with Gasteiger partial charge in [-0.3, -0.25) is 0 Å². The highest BCUT2D eigenvalue weighted by atomic mass is 79.9. The van der Waals surface area contributed by atoms with Gasteiger partial charge < -0.3 is 5.32 Å². The molecule has 5 heteroatoms. The van der Waals surface area contributed by atoms with Crippen LogP contribution >= 0.6 is 27.7 Å². The largest absolute Gasteiger partial charge is 0.316 e. The summed E-state index contributed by atoms with van der Waals surface area (Å²) in [5.41, 5.74) is 1.18. The van der Waals surface area contributed by atoms with Gasteiger partial charge in [-0.2, -0.15) is 0 Å². The first-order chi connectivity index (χ1) is 8.28. The zero-order valence-corrected chi connectivity index (χ0v) is 11.8. The van der Waals surface area contributed by atoms with Crippen molar-refractivity contribution in [3.05, 3.63) is 46.7 Å². The molecule has 2 rings (SSSR count). The van der Waals surface area contributed by atoms with Crippen molar-refractivity contribution in [1.82, 2.24) is 15.3 Å². The molecule has 0 saturated heterocycles. The molecule has 0 unspecified atom stereocenters. The van der Waals surface area contributed by atoms with Crippen molar-refractivity contribution in [2.75, 3.05) is 7.05 Å². The molecule has 0 spiro atoms. The van der Waals surface area contributed by atoms with E-state index in [9.17, 15) is 0 Å². The molecule has 0 saturated carbocycles. The molecule has 0 radical (unpaired) electrons. The molecule has 0 fully saturated rings. The maximum Gasteiger partial charge on any atom is 0.102 e. The summed E-state index contributed by atoms with van der Waals surface area (Å²) in [5.74, 6) is 0. The normalized spacial score (nSPS) is 10.5. The van der Waals surface area contributed by atoms with Crippen molar-refractivity contribution in [3.63, 3.8) is 0 Å². The van der Waals surface area contributed by atoms with Crippen LogP contribution in [-0.2, 0) is 6.54 Å². The number of hydrogen-bond donors (Lipinski definition) is 1. The van der Waals surface area contributed by atoms with Gasteiger partial charge in [0.05, 0.1) is 0 Å². The average molecular weight is 310 g/mol. The van der Waals surface area contributed by atoms with E-state index in [2.05, 4.69) is 37.3 Å². The van der Waals surface area contributed by atoms with Crippen LogP contribution in [0.2, 0.25) is 0 Å². The topological polar surface area (TPSA) is 37.8 Å². The third kappa shape index (κ3) is 3.80. The van der Waals surface area contributed by atoms with Crippen LogP contribution < -0.4 is 5.32 Å². The fraction of sp³-hybridized carbons (Fsp3) is 0.167. The molecule has 2 heterocycles. The van der Waals surface area contributed by atoms with Crippen molar-refractivity contribution in [3.8, 4) is 0 Å². The van der Waals surface area contributed by atoms with Crippen molar-refractivity contribution in [1.29, 1.82) is 0 Å². The molecule has 0 aliphatic rings. The molecule has 1 N–H and O–H groups in total. The SMILES string of the molecule is CNCc1ccc(Sc2ccc(Br)cn2)nc1. The molecule has 3 nitrogen and oxygen atoms in total. The maximum atomic E-state index is 4.39. The van der Waals surface area contributed by atoms with Crippen LogP contribution in [0, 0.1) is 0 Å². The second-order valence-corrected chi connectivity index (χ2v) is 5.41. The molecule has 0 atom stereocenters. The number of rotatable bonds is 4. The Morgan fingerprint density at radius 2 is 1.82 bits per heavy atom. The Kier molecular flexibility index (Phi) is 4.53. The summed E-state index contributed by atoms with van der Waals surface area (Å²) < 4.78 is 0.985. The number of hydrogen-bond acceptors (Lipinski definition) is 4. The minimum Gasteiger partial charge on any atom is -0.316 e. The minimum absolute atomic E-state index is 0.842. The quantitative estimate of drug-likeness (QED) is 0.941. The van der Waals surface area contributed by atoms with Gasteiger partial charge in [0, 0.05) is 23.4 Å². The highest BCUT2D eigenvalue weighted by molar-refractivity contribution is 9.10. The molecule has 17 heavy (non-hydrogen) atoms. The smallest absolute Gasteiger partial charge is 0.102 e. The molecule has 0 aromatic carbocycles. The Labute approximate surface area is 113 Å². The van der Waals surface area contributed by atoms with Crippen LogP contribution in [0.5, 0.6) is 0 Å². The van der Waals surface area contributed by atoms with E-state index in [0.717, 1.165) is 21.1 Å². The summed E-state index contributed by atoms with van der Waals surface area (Å²) in [7, 11) is 1.93. The zero-order valence-electron chi connectivity index (χ0n) is 9.35. The third-order valence-electron chi connectivity index (χ3n) is 2.09. The molecule has 0 amide bonds. The second kappa shape index (κ2) is 6.14. The maximum absolute atomic E-state index is 4.39. The van der Waals surface area contributed by atoms with Crippen molar-refractivity contribution in [2.24, 2.45) is 0 Å². The molecule has 0 bridgehead atoms. The zero-order chi connectivity index (χ0) is 12.1. The first-order valence-corrected chi connectivity index (χ1v) is 6.78. The molecule has 0 aliphatic heterocycles. The van der Waals surface area contributed by atoms with E-state index >= 15 is 0 Å². The van der Waals surface area contributed by atoms with Crippen molar-refractivity contribution >= 4 is 27.7 Å². The van der Waals surface area contributed by atoms with Crippen LogP contribution in [0.25, 0.3) is 0 Å². The van der Waals surface area contributed by atoms with Gasteiger partial charge in [-0.25, -0.2) is 9.97 Å². The number of aromatic nitrogens is 2. The van der Waals surface area contributed by atoms with E-state index in [-0.39, 0.29) is 0 Å². The Bertz CT molecular complexity index is 470. The van der Waals surface area contributed by atoms with E-state index < -0.39 is 0 Å². The van der Waals surface area contributed by atoms with E-state index in [0.29, 0.717) is 0 Å². The van der Waals surface area contributed by atoms with Crippen LogP contribution in [0.1, 0.15) is 5.56 Å². The Morgan fingerprint density at radius 1 is 1.12 bits per heavy atom. The highest BCUT2D eigenvalue weighted by Crippen LogP contribution is 2.24. The summed E-state index contributed by atoms with van der Waals surface area (Å²) in [6, 6.07) is 8.04. The number of halogens is 1. The summed E-state index contributed by atoms with van der Waals surface area (Å²) in [5, 5.41) is 5.00. The predicted molar refractivity (Wildman–Crippen MR) is 73.1 cm³/mol. The van der Waals surface area contributed by atoms with Gasteiger partial charge in [-0.1, -0.05) is 17.8 Å². The minimum atomic E-state index is 0.842. The van der Waals surface area contributed by atoms with E-state index in [4.69, 9.17) is 0 Å². The molecule has 2 aromatic heterocycles. The molecule has 88 valence electrons. The van der Waals surface area contributed by atoms with Crippen LogP contribution in [0.15, 0.2) is 51.2 Å². The summed E-state index contributed by atoms with van der Waals surface area (Å²) >= 11 is 4.92. The molecular weight excluding hydrogens is 298 g/mol. The lowest BCUT2D eigenvalue weighted by Gasteiger charge is -2.02. The van der Waals surface area contributed by atoms with Crippen LogP contribution in [-0.4, -0.2) is 17.0 Å². The fourth-order valence-corrected chi connectivity index (χ4v) is 2.24. The van der Waals surface area contributed by atoms with Gasteiger partial charge in [0.1, 0.15) is 10.1 Å². The Morgan fingerprint density at radius 3 is 2.35 bits per heavy atom. The number of pyridine rings is 2. The second-order valence-electron chi connectivity index (χ2n) is 3.45. The fourth-order valence-electron chi connectivity index (χ4n) is 1.31. The average Bonchev–Trinajstić information content (AvgIpc) is 2.35. The van der Waals surface area contributed by atoms with Crippen molar-refractivity contribution in [2.45, 2.75) is 16.6 Å². The predicted octanol–water partition coefficient (Wildman–Crippen LogP) is 3.11. The standard InChI is InChI=1S/C12H12BrN3S/c1-14-6-9-2-4-11(15-7-9)17-12-5-3-10(13)8-16-12/h2-5,7-8,14H,6H2,1H3.